The first kappa shape index (κ1) is 15.9. The second-order valence-corrected chi connectivity index (χ2v) is 4.84. The lowest BCUT2D eigenvalue weighted by atomic mass is 10.1. The molecular weight excluding hydrogens is 284 g/mol. The Bertz CT molecular complexity index is 611. The zero-order valence-corrected chi connectivity index (χ0v) is 12.2. The maximum absolute atomic E-state index is 10.6. The van der Waals surface area contributed by atoms with Crippen LogP contribution >= 0.6 is 0 Å². The van der Waals surface area contributed by atoms with Crippen LogP contribution in [0.4, 0.5) is 5.69 Å². The fourth-order valence-electron chi connectivity index (χ4n) is 2.03. The molecule has 0 fully saturated rings. The quantitative estimate of drug-likeness (QED) is 0.606. The van der Waals surface area contributed by atoms with E-state index in [0.717, 1.165) is 11.3 Å². The van der Waals surface area contributed by atoms with Gasteiger partial charge in [-0.1, -0.05) is 12.1 Å². The molecule has 0 radical (unpaired) electrons. The van der Waals surface area contributed by atoms with Gasteiger partial charge in [-0.25, -0.2) is 0 Å². The lowest BCUT2D eigenvalue weighted by Crippen LogP contribution is -2.21. The number of rotatable bonds is 7. The predicted molar refractivity (Wildman–Crippen MR) is 82.8 cm³/mol. The van der Waals surface area contributed by atoms with Crippen LogP contribution in [0.15, 0.2) is 48.5 Å². The van der Waals surface area contributed by atoms with Gasteiger partial charge in [0.1, 0.15) is 5.75 Å². The number of hydrogen-bond acceptors (Lipinski definition) is 5. The van der Waals surface area contributed by atoms with E-state index in [0.29, 0.717) is 18.7 Å². The molecule has 0 aliphatic heterocycles. The van der Waals surface area contributed by atoms with E-state index < -0.39 is 11.0 Å². The molecule has 0 unspecified atom stereocenters. The van der Waals surface area contributed by atoms with Crippen LogP contribution in [0.5, 0.6) is 5.75 Å². The molecule has 0 saturated carbocycles. The minimum absolute atomic E-state index is 0.0159. The SMILES string of the molecule is COc1ccc(CNC[C@H](O)c2ccc([N+](=O)[O-])cc2)cc1. The van der Waals surface area contributed by atoms with E-state index in [1.165, 1.54) is 12.1 Å². The van der Waals surface area contributed by atoms with Crippen molar-refractivity contribution in [2.45, 2.75) is 12.6 Å². The van der Waals surface area contributed by atoms with E-state index in [9.17, 15) is 15.2 Å². The summed E-state index contributed by atoms with van der Waals surface area (Å²) in [6, 6.07) is 13.6. The lowest BCUT2D eigenvalue weighted by Gasteiger charge is -2.12. The van der Waals surface area contributed by atoms with Gasteiger partial charge in [-0.05, 0) is 35.4 Å². The van der Waals surface area contributed by atoms with Crippen molar-refractivity contribution in [1.29, 1.82) is 0 Å². The summed E-state index contributed by atoms with van der Waals surface area (Å²) in [5.74, 6) is 0.801. The van der Waals surface area contributed by atoms with Crippen LogP contribution in [0.2, 0.25) is 0 Å². The Morgan fingerprint density at radius 3 is 2.36 bits per heavy atom. The van der Waals surface area contributed by atoms with Crippen molar-refractivity contribution < 1.29 is 14.8 Å². The molecule has 2 aromatic rings. The van der Waals surface area contributed by atoms with Gasteiger partial charge < -0.3 is 15.2 Å². The van der Waals surface area contributed by atoms with Gasteiger partial charge in [0, 0.05) is 25.2 Å². The summed E-state index contributed by atoms with van der Waals surface area (Å²) in [6.07, 6.45) is -0.709. The summed E-state index contributed by atoms with van der Waals surface area (Å²) in [6.45, 7) is 0.984. The summed E-state index contributed by atoms with van der Waals surface area (Å²) >= 11 is 0. The average molecular weight is 302 g/mol. The van der Waals surface area contributed by atoms with Crippen molar-refractivity contribution in [3.63, 3.8) is 0 Å². The third kappa shape index (κ3) is 4.28. The first-order valence-electron chi connectivity index (χ1n) is 6.86. The number of nitro groups is 1. The topological polar surface area (TPSA) is 84.6 Å². The molecule has 116 valence electrons. The van der Waals surface area contributed by atoms with Gasteiger partial charge in [0.25, 0.3) is 5.69 Å². The maximum Gasteiger partial charge on any atom is 0.269 e. The van der Waals surface area contributed by atoms with E-state index in [1.807, 2.05) is 24.3 Å². The number of aliphatic hydroxyl groups excluding tert-OH is 1. The Morgan fingerprint density at radius 2 is 1.82 bits per heavy atom. The first-order chi connectivity index (χ1) is 10.6. The Labute approximate surface area is 128 Å². The molecule has 0 amide bonds. The second kappa shape index (κ2) is 7.53. The predicted octanol–water partition coefficient (Wildman–Crippen LogP) is 2.43. The van der Waals surface area contributed by atoms with Crippen LogP contribution in [-0.4, -0.2) is 23.7 Å². The molecule has 1 atom stereocenters. The molecule has 0 bridgehead atoms. The van der Waals surface area contributed by atoms with Crippen LogP contribution in [0.3, 0.4) is 0 Å². The Balaban J connectivity index is 1.83. The highest BCUT2D eigenvalue weighted by molar-refractivity contribution is 5.34. The fraction of sp³-hybridized carbons (Fsp3) is 0.250. The normalized spacial score (nSPS) is 11.9. The Kier molecular flexibility index (Phi) is 5.46. The molecule has 2 N–H and O–H groups in total. The molecule has 0 aliphatic rings. The van der Waals surface area contributed by atoms with Crippen LogP contribution in [0.25, 0.3) is 0 Å². The highest BCUT2D eigenvalue weighted by Gasteiger charge is 2.10. The number of aliphatic hydroxyl groups is 1. The molecule has 6 heteroatoms. The van der Waals surface area contributed by atoms with Crippen LogP contribution in [-0.2, 0) is 6.54 Å². The number of methoxy groups -OCH3 is 1. The lowest BCUT2D eigenvalue weighted by molar-refractivity contribution is -0.384. The van der Waals surface area contributed by atoms with Crippen LogP contribution in [0.1, 0.15) is 17.2 Å². The number of nitro benzene ring substituents is 1. The minimum Gasteiger partial charge on any atom is -0.497 e. The van der Waals surface area contributed by atoms with E-state index in [-0.39, 0.29) is 5.69 Å². The summed E-state index contributed by atoms with van der Waals surface area (Å²) in [7, 11) is 1.62. The number of nitrogens with one attached hydrogen (secondary N) is 1. The van der Waals surface area contributed by atoms with Crippen molar-refractivity contribution in [3.05, 3.63) is 69.8 Å². The number of benzene rings is 2. The molecule has 0 spiro atoms. The fourth-order valence-corrected chi connectivity index (χ4v) is 2.03. The van der Waals surface area contributed by atoms with Gasteiger partial charge in [-0.15, -0.1) is 0 Å². The van der Waals surface area contributed by atoms with Crippen molar-refractivity contribution in [1.82, 2.24) is 5.32 Å². The van der Waals surface area contributed by atoms with E-state index in [2.05, 4.69) is 5.32 Å². The van der Waals surface area contributed by atoms with Crippen LogP contribution < -0.4 is 10.1 Å². The zero-order chi connectivity index (χ0) is 15.9. The monoisotopic (exact) mass is 302 g/mol. The van der Waals surface area contributed by atoms with Gasteiger partial charge in [0.15, 0.2) is 0 Å². The molecule has 22 heavy (non-hydrogen) atoms. The summed E-state index contributed by atoms with van der Waals surface area (Å²) in [5.41, 5.74) is 1.74. The van der Waals surface area contributed by atoms with E-state index in [4.69, 9.17) is 4.74 Å². The Hall–Kier alpha value is -2.44. The number of ether oxygens (including phenoxy) is 1. The smallest absolute Gasteiger partial charge is 0.269 e. The summed E-state index contributed by atoms with van der Waals surface area (Å²) < 4.78 is 5.09. The standard InChI is InChI=1S/C16H18N2O4/c1-22-15-8-2-12(3-9-15)10-17-11-16(19)13-4-6-14(7-5-13)18(20)21/h2-9,16-17,19H,10-11H2,1H3/t16-/m0/s1. The molecule has 2 aromatic carbocycles. The van der Waals surface area contributed by atoms with Gasteiger partial charge in [0.2, 0.25) is 0 Å². The molecular formula is C16H18N2O4. The van der Waals surface area contributed by atoms with Gasteiger partial charge in [-0.3, -0.25) is 10.1 Å². The van der Waals surface area contributed by atoms with Crippen molar-refractivity contribution in [3.8, 4) is 5.75 Å². The molecule has 0 saturated heterocycles. The molecule has 0 aliphatic carbocycles. The van der Waals surface area contributed by atoms with Gasteiger partial charge >= 0.3 is 0 Å². The third-order valence-corrected chi connectivity index (χ3v) is 3.31. The van der Waals surface area contributed by atoms with E-state index in [1.54, 1.807) is 19.2 Å². The van der Waals surface area contributed by atoms with E-state index >= 15 is 0 Å². The van der Waals surface area contributed by atoms with Gasteiger partial charge in [0.05, 0.1) is 18.1 Å². The number of hydrogen-bond donors (Lipinski definition) is 2. The zero-order valence-electron chi connectivity index (χ0n) is 12.2. The van der Waals surface area contributed by atoms with Crippen molar-refractivity contribution in [2.24, 2.45) is 0 Å². The second-order valence-electron chi connectivity index (χ2n) is 4.84. The maximum atomic E-state index is 10.6. The molecule has 2 rings (SSSR count). The van der Waals surface area contributed by atoms with Crippen molar-refractivity contribution in [2.75, 3.05) is 13.7 Å². The largest absolute Gasteiger partial charge is 0.497 e. The van der Waals surface area contributed by atoms with Crippen molar-refractivity contribution >= 4 is 5.69 Å². The molecule has 0 heterocycles. The Morgan fingerprint density at radius 1 is 1.18 bits per heavy atom. The summed E-state index contributed by atoms with van der Waals surface area (Å²) in [5, 5.41) is 23.8. The highest BCUT2D eigenvalue weighted by atomic mass is 16.6. The molecule has 6 nitrogen and oxygen atoms in total. The minimum atomic E-state index is -0.709. The molecule has 0 aromatic heterocycles. The van der Waals surface area contributed by atoms with Crippen LogP contribution in [0, 0.1) is 10.1 Å². The van der Waals surface area contributed by atoms with Gasteiger partial charge in [-0.2, -0.15) is 0 Å². The number of non-ortho nitro benzene ring substituents is 1. The average Bonchev–Trinajstić information content (AvgIpc) is 2.55. The number of nitrogens with zero attached hydrogens (tertiary/aromatic N) is 1. The first-order valence-corrected chi connectivity index (χ1v) is 6.86. The third-order valence-electron chi connectivity index (χ3n) is 3.31. The highest BCUT2D eigenvalue weighted by Crippen LogP contribution is 2.17. The summed E-state index contributed by atoms with van der Waals surface area (Å²) in [4.78, 5) is 10.1.